The van der Waals surface area contributed by atoms with E-state index in [0.717, 1.165) is 11.3 Å². The summed E-state index contributed by atoms with van der Waals surface area (Å²) in [6.45, 7) is 4.81. The Morgan fingerprint density at radius 2 is 2.47 bits per heavy atom. The zero-order valence-corrected chi connectivity index (χ0v) is 9.97. The van der Waals surface area contributed by atoms with E-state index >= 15 is 0 Å². The predicted molar refractivity (Wildman–Crippen MR) is 61.9 cm³/mol. The van der Waals surface area contributed by atoms with Gasteiger partial charge in [-0.05, 0) is 24.8 Å². The molecular formula is C11H17NO2S. The van der Waals surface area contributed by atoms with Gasteiger partial charge in [-0.3, -0.25) is 4.79 Å². The maximum atomic E-state index is 11.3. The molecule has 1 aromatic rings. The molecule has 0 spiro atoms. The van der Waals surface area contributed by atoms with E-state index in [2.05, 4.69) is 12.2 Å². The number of hydrogen-bond donors (Lipinski definition) is 1. The van der Waals surface area contributed by atoms with Crippen LogP contribution in [-0.2, 0) is 16.1 Å². The number of thiophene rings is 1. The fraction of sp³-hybridized carbons (Fsp3) is 0.545. The molecule has 15 heavy (non-hydrogen) atoms. The lowest BCUT2D eigenvalue weighted by molar-refractivity contribution is -0.143. The molecule has 84 valence electrons. The highest BCUT2D eigenvalue weighted by Gasteiger charge is 2.05. The highest BCUT2D eigenvalue weighted by Crippen LogP contribution is 2.09. The maximum absolute atomic E-state index is 11.3. The third-order valence-electron chi connectivity index (χ3n) is 2.16. The zero-order chi connectivity index (χ0) is 11.1. The van der Waals surface area contributed by atoms with Crippen LogP contribution in [-0.4, -0.2) is 18.6 Å². The van der Waals surface area contributed by atoms with Gasteiger partial charge in [0.25, 0.3) is 0 Å². The summed E-state index contributed by atoms with van der Waals surface area (Å²) < 4.78 is 5.09. The van der Waals surface area contributed by atoms with Gasteiger partial charge in [0.15, 0.2) is 0 Å². The molecule has 0 fully saturated rings. The average Bonchev–Trinajstić information content (AvgIpc) is 2.75. The molecule has 0 aliphatic heterocycles. The molecule has 1 heterocycles. The van der Waals surface area contributed by atoms with Gasteiger partial charge < -0.3 is 10.1 Å². The summed E-state index contributed by atoms with van der Waals surface area (Å²) in [4.78, 5) is 12.4. The quantitative estimate of drug-likeness (QED) is 0.757. The third-order valence-corrected chi connectivity index (χ3v) is 3.01. The normalized spacial score (nSPS) is 12.4. The lowest BCUT2D eigenvalue weighted by atomic mass is 10.3. The van der Waals surface area contributed by atoms with Crippen LogP contribution in [0.5, 0.6) is 0 Å². The molecule has 4 heteroatoms. The summed E-state index contributed by atoms with van der Waals surface area (Å²) in [6.07, 6.45) is 1.01. The molecule has 0 aliphatic rings. The first-order valence-corrected chi connectivity index (χ1v) is 6.01. The van der Waals surface area contributed by atoms with E-state index in [9.17, 15) is 4.79 Å². The van der Waals surface area contributed by atoms with Crippen molar-refractivity contribution in [3.8, 4) is 0 Å². The van der Waals surface area contributed by atoms with E-state index in [4.69, 9.17) is 4.74 Å². The predicted octanol–water partition coefficient (Wildman–Crippen LogP) is 2.18. The first-order valence-electron chi connectivity index (χ1n) is 5.13. The second-order valence-corrected chi connectivity index (χ2v) is 4.46. The van der Waals surface area contributed by atoms with Crippen molar-refractivity contribution in [2.75, 3.05) is 6.54 Å². The Bertz CT molecular complexity index is 285. The van der Waals surface area contributed by atoms with Crippen LogP contribution in [0.3, 0.4) is 0 Å². The lowest BCUT2D eigenvalue weighted by Gasteiger charge is -2.10. The first kappa shape index (κ1) is 12.2. The van der Waals surface area contributed by atoms with Gasteiger partial charge in [-0.15, -0.1) is 11.3 Å². The van der Waals surface area contributed by atoms with Crippen LogP contribution >= 0.6 is 11.3 Å². The van der Waals surface area contributed by atoms with Crippen LogP contribution in [0.15, 0.2) is 17.5 Å². The minimum absolute atomic E-state index is 0.191. The largest absolute Gasteiger partial charge is 0.459 e. The van der Waals surface area contributed by atoms with Crippen LogP contribution in [0, 0.1) is 0 Å². The highest BCUT2D eigenvalue weighted by atomic mass is 32.1. The average molecular weight is 227 g/mol. The Balaban J connectivity index is 2.14. The summed E-state index contributed by atoms with van der Waals surface area (Å²) in [6, 6.07) is 4.27. The number of carbonyl (C=O) groups excluding carboxylic acids is 1. The monoisotopic (exact) mass is 227 g/mol. The number of esters is 1. The molecule has 3 nitrogen and oxygen atoms in total. The lowest BCUT2D eigenvalue weighted by Crippen LogP contribution is -2.31. The summed E-state index contributed by atoms with van der Waals surface area (Å²) in [5.41, 5.74) is 0. The van der Waals surface area contributed by atoms with Crippen molar-refractivity contribution in [2.45, 2.75) is 32.9 Å². The van der Waals surface area contributed by atoms with Crippen molar-refractivity contribution in [1.29, 1.82) is 0 Å². The molecule has 0 aliphatic carbocycles. The van der Waals surface area contributed by atoms with Gasteiger partial charge in [0.2, 0.25) is 0 Å². The Morgan fingerprint density at radius 1 is 1.67 bits per heavy atom. The molecule has 1 N–H and O–H groups in total. The molecule has 1 rings (SSSR count). The van der Waals surface area contributed by atoms with E-state index in [1.54, 1.807) is 11.3 Å². The Kier molecular flexibility index (Phi) is 5.36. The zero-order valence-electron chi connectivity index (χ0n) is 9.16. The Labute approximate surface area is 94.5 Å². The van der Waals surface area contributed by atoms with Gasteiger partial charge in [-0.2, -0.15) is 0 Å². The third kappa shape index (κ3) is 4.95. The van der Waals surface area contributed by atoms with Crippen molar-refractivity contribution in [3.05, 3.63) is 22.4 Å². The van der Waals surface area contributed by atoms with Gasteiger partial charge in [0, 0.05) is 10.9 Å². The molecular weight excluding hydrogens is 210 g/mol. The van der Waals surface area contributed by atoms with Crippen LogP contribution < -0.4 is 5.32 Å². The number of rotatable bonds is 6. The van der Waals surface area contributed by atoms with Crippen molar-refractivity contribution in [2.24, 2.45) is 0 Å². The minimum atomic E-state index is -0.191. The molecule has 1 atom stereocenters. The molecule has 0 aromatic carbocycles. The summed E-state index contributed by atoms with van der Waals surface area (Å²) >= 11 is 1.60. The molecule has 1 aromatic heterocycles. The number of ether oxygens (including phenoxy) is 1. The van der Waals surface area contributed by atoms with E-state index in [0.29, 0.717) is 19.2 Å². The fourth-order valence-corrected chi connectivity index (χ4v) is 1.62. The second-order valence-electron chi connectivity index (χ2n) is 3.43. The molecule has 0 saturated heterocycles. The first-order chi connectivity index (χ1) is 7.22. The number of hydrogen-bond acceptors (Lipinski definition) is 4. The van der Waals surface area contributed by atoms with Crippen molar-refractivity contribution in [3.63, 3.8) is 0 Å². The minimum Gasteiger partial charge on any atom is -0.459 e. The van der Waals surface area contributed by atoms with Gasteiger partial charge in [0.05, 0.1) is 6.54 Å². The number of carbonyl (C=O) groups is 1. The molecule has 0 bridgehead atoms. The smallest absolute Gasteiger partial charge is 0.320 e. The Morgan fingerprint density at radius 3 is 3.07 bits per heavy atom. The summed E-state index contributed by atoms with van der Waals surface area (Å²) in [7, 11) is 0. The molecule has 0 amide bonds. The fourth-order valence-electron chi connectivity index (χ4n) is 0.999. The highest BCUT2D eigenvalue weighted by molar-refractivity contribution is 7.09. The van der Waals surface area contributed by atoms with Gasteiger partial charge in [-0.25, -0.2) is 0 Å². The summed E-state index contributed by atoms with van der Waals surface area (Å²) in [5.74, 6) is -0.191. The Hall–Kier alpha value is -0.870. The van der Waals surface area contributed by atoms with E-state index in [1.807, 2.05) is 24.4 Å². The SMILES string of the molecule is CCC(C)NCC(=O)OCc1cccs1. The van der Waals surface area contributed by atoms with Gasteiger partial charge in [0.1, 0.15) is 6.61 Å². The standard InChI is InChI=1S/C11H17NO2S/c1-3-9(2)12-7-11(13)14-8-10-5-4-6-15-10/h4-6,9,12H,3,7-8H2,1-2H3. The van der Waals surface area contributed by atoms with Gasteiger partial charge in [-0.1, -0.05) is 13.0 Å². The van der Waals surface area contributed by atoms with Crippen LogP contribution in [0.25, 0.3) is 0 Å². The van der Waals surface area contributed by atoms with Gasteiger partial charge >= 0.3 is 5.97 Å². The van der Waals surface area contributed by atoms with Crippen molar-refractivity contribution >= 4 is 17.3 Å². The van der Waals surface area contributed by atoms with Crippen LogP contribution in [0.1, 0.15) is 25.1 Å². The molecule has 0 radical (unpaired) electrons. The summed E-state index contributed by atoms with van der Waals surface area (Å²) in [5, 5.41) is 5.06. The second kappa shape index (κ2) is 6.58. The van der Waals surface area contributed by atoms with E-state index in [1.165, 1.54) is 0 Å². The van der Waals surface area contributed by atoms with Crippen molar-refractivity contribution in [1.82, 2.24) is 5.32 Å². The maximum Gasteiger partial charge on any atom is 0.320 e. The number of nitrogens with one attached hydrogen (secondary N) is 1. The molecule has 1 unspecified atom stereocenters. The van der Waals surface area contributed by atoms with E-state index < -0.39 is 0 Å². The van der Waals surface area contributed by atoms with E-state index in [-0.39, 0.29) is 5.97 Å². The van der Waals surface area contributed by atoms with Crippen molar-refractivity contribution < 1.29 is 9.53 Å². The molecule has 0 saturated carbocycles. The van der Waals surface area contributed by atoms with Crippen LogP contribution in [0.2, 0.25) is 0 Å². The van der Waals surface area contributed by atoms with Crippen LogP contribution in [0.4, 0.5) is 0 Å². The topological polar surface area (TPSA) is 38.3 Å².